The first-order chi connectivity index (χ1) is 9.75. The van der Waals surface area contributed by atoms with Gasteiger partial charge in [-0.15, -0.1) is 0 Å². The zero-order valence-corrected chi connectivity index (χ0v) is 13.7. The zero-order valence-electron chi connectivity index (χ0n) is 13.7. The lowest BCUT2D eigenvalue weighted by Gasteiger charge is -2.55. The van der Waals surface area contributed by atoms with Gasteiger partial charge in [0, 0.05) is 30.7 Å². The molecule has 3 fully saturated rings. The molecule has 2 saturated carbocycles. The van der Waals surface area contributed by atoms with Crippen LogP contribution in [0.4, 0.5) is 0 Å². The Hall–Kier alpha value is -0.0800. The summed E-state index contributed by atoms with van der Waals surface area (Å²) in [4.78, 5) is 3.01. The molecule has 0 amide bonds. The van der Waals surface area contributed by atoms with E-state index < -0.39 is 0 Å². The zero-order chi connectivity index (χ0) is 14.0. The van der Waals surface area contributed by atoms with E-state index in [1.165, 1.54) is 77.3 Å². The topological polar surface area (TPSA) is 15.3 Å². The van der Waals surface area contributed by atoms with Gasteiger partial charge in [-0.25, -0.2) is 0 Å². The van der Waals surface area contributed by atoms with Crippen LogP contribution in [0.25, 0.3) is 0 Å². The molecule has 0 aromatic heterocycles. The molecule has 116 valence electrons. The molecule has 1 spiro atoms. The molecule has 20 heavy (non-hydrogen) atoms. The molecular formula is C18H34N2. The van der Waals surface area contributed by atoms with Crippen LogP contribution in [0.1, 0.15) is 78.1 Å². The Morgan fingerprint density at radius 2 is 1.80 bits per heavy atom. The monoisotopic (exact) mass is 278 g/mol. The Bertz CT molecular complexity index is 303. The van der Waals surface area contributed by atoms with Gasteiger partial charge in [-0.05, 0) is 31.6 Å². The van der Waals surface area contributed by atoms with Crippen molar-refractivity contribution in [3.8, 4) is 0 Å². The van der Waals surface area contributed by atoms with Crippen molar-refractivity contribution in [2.75, 3.05) is 13.1 Å². The number of rotatable bonds is 3. The third-order valence-corrected chi connectivity index (χ3v) is 6.58. The molecule has 2 unspecified atom stereocenters. The number of nitrogens with zero attached hydrogens (tertiary/aromatic N) is 1. The van der Waals surface area contributed by atoms with Gasteiger partial charge in [-0.1, -0.05) is 52.4 Å². The quantitative estimate of drug-likeness (QED) is 0.841. The molecule has 0 bridgehead atoms. The van der Waals surface area contributed by atoms with Crippen LogP contribution in [-0.2, 0) is 0 Å². The van der Waals surface area contributed by atoms with Crippen LogP contribution in [0, 0.1) is 5.92 Å². The molecule has 2 atom stereocenters. The average Bonchev–Trinajstić information content (AvgIpc) is 3.02. The van der Waals surface area contributed by atoms with Gasteiger partial charge < -0.3 is 5.32 Å². The second-order valence-electron chi connectivity index (χ2n) is 7.75. The summed E-state index contributed by atoms with van der Waals surface area (Å²) in [5.74, 6) is 0.819. The van der Waals surface area contributed by atoms with E-state index in [9.17, 15) is 0 Å². The fourth-order valence-electron chi connectivity index (χ4n) is 4.98. The van der Waals surface area contributed by atoms with E-state index in [0.717, 1.165) is 18.0 Å². The lowest BCUT2D eigenvalue weighted by Crippen LogP contribution is -2.68. The van der Waals surface area contributed by atoms with Crippen LogP contribution >= 0.6 is 0 Å². The average molecular weight is 278 g/mol. The Labute approximate surface area is 125 Å². The van der Waals surface area contributed by atoms with E-state index in [1.807, 2.05) is 0 Å². The highest BCUT2D eigenvalue weighted by molar-refractivity contribution is 5.04. The minimum Gasteiger partial charge on any atom is -0.311 e. The van der Waals surface area contributed by atoms with Crippen molar-refractivity contribution in [2.45, 2.75) is 95.7 Å². The summed E-state index contributed by atoms with van der Waals surface area (Å²) in [6.07, 6.45) is 14.5. The van der Waals surface area contributed by atoms with E-state index in [-0.39, 0.29) is 0 Å². The first-order valence-electron chi connectivity index (χ1n) is 9.25. The first kappa shape index (κ1) is 14.8. The van der Waals surface area contributed by atoms with Crippen molar-refractivity contribution in [3.63, 3.8) is 0 Å². The minimum atomic E-state index is 0.525. The van der Waals surface area contributed by atoms with Crippen molar-refractivity contribution in [1.29, 1.82) is 0 Å². The van der Waals surface area contributed by atoms with Crippen LogP contribution in [0.2, 0.25) is 0 Å². The second kappa shape index (κ2) is 6.36. The molecule has 2 nitrogen and oxygen atoms in total. The fraction of sp³-hybridized carbons (Fsp3) is 1.00. The Kier molecular flexibility index (Phi) is 4.72. The summed E-state index contributed by atoms with van der Waals surface area (Å²) in [6, 6.07) is 1.63. The van der Waals surface area contributed by atoms with E-state index >= 15 is 0 Å². The Morgan fingerprint density at radius 1 is 1.10 bits per heavy atom. The second-order valence-corrected chi connectivity index (χ2v) is 7.75. The van der Waals surface area contributed by atoms with Gasteiger partial charge in [-0.3, -0.25) is 4.90 Å². The summed E-state index contributed by atoms with van der Waals surface area (Å²) in [5.41, 5.74) is 0.525. The van der Waals surface area contributed by atoms with Gasteiger partial charge in [-0.2, -0.15) is 0 Å². The van der Waals surface area contributed by atoms with E-state index in [1.54, 1.807) is 0 Å². The third kappa shape index (κ3) is 2.78. The summed E-state index contributed by atoms with van der Waals surface area (Å²) in [5, 5.41) is 3.94. The first-order valence-corrected chi connectivity index (χ1v) is 9.25. The van der Waals surface area contributed by atoms with Crippen molar-refractivity contribution in [3.05, 3.63) is 0 Å². The van der Waals surface area contributed by atoms with Gasteiger partial charge in [0.1, 0.15) is 0 Å². The minimum absolute atomic E-state index is 0.525. The molecule has 1 heterocycles. The SMILES string of the molecule is CCC(C)C1CN(C2CCCC2)C2(CCCCC2)CN1. The van der Waals surface area contributed by atoms with Crippen LogP contribution in [0.15, 0.2) is 0 Å². The maximum atomic E-state index is 3.94. The van der Waals surface area contributed by atoms with Crippen LogP contribution in [-0.4, -0.2) is 35.6 Å². The van der Waals surface area contributed by atoms with Gasteiger partial charge in [0.2, 0.25) is 0 Å². The summed E-state index contributed by atoms with van der Waals surface area (Å²) in [6.45, 7) is 7.36. The highest BCUT2D eigenvalue weighted by Crippen LogP contribution is 2.40. The molecule has 2 aliphatic carbocycles. The molecule has 3 rings (SSSR count). The maximum absolute atomic E-state index is 3.94. The molecule has 1 N–H and O–H groups in total. The number of hydrogen-bond acceptors (Lipinski definition) is 2. The van der Waals surface area contributed by atoms with Crippen molar-refractivity contribution < 1.29 is 0 Å². The van der Waals surface area contributed by atoms with Gasteiger partial charge >= 0.3 is 0 Å². The summed E-state index contributed by atoms with van der Waals surface area (Å²) in [7, 11) is 0. The van der Waals surface area contributed by atoms with Gasteiger partial charge in [0.25, 0.3) is 0 Å². The van der Waals surface area contributed by atoms with Crippen LogP contribution < -0.4 is 5.32 Å². The third-order valence-electron chi connectivity index (χ3n) is 6.58. The lowest BCUT2D eigenvalue weighted by molar-refractivity contribution is -0.0289. The summed E-state index contributed by atoms with van der Waals surface area (Å²) < 4.78 is 0. The molecule has 0 aromatic carbocycles. The number of piperazine rings is 1. The molecule has 1 saturated heterocycles. The van der Waals surface area contributed by atoms with Crippen molar-refractivity contribution in [1.82, 2.24) is 10.2 Å². The maximum Gasteiger partial charge on any atom is 0.0337 e. The predicted octanol–water partition coefficient (Wildman–Crippen LogP) is 3.95. The smallest absolute Gasteiger partial charge is 0.0337 e. The van der Waals surface area contributed by atoms with E-state index in [4.69, 9.17) is 0 Å². The standard InChI is InChI=1S/C18H34N2/c1-3-15(2)17-13-20(16-9-5-6-10-16)18(14-19-17)11-7-4-8-12-18/h15-17,19H,3-14H2,1-2H3. The number of nitrogens with one attached hydrogen (secondary N) is 1. The van der Waals surface area contributed by atoms with Crippen LogP contribution in [0.5, 0.6) is 0 Å². The molecule has 0 radical (unpaired) electrons. The van der Waals surface area contributed by atoms with Crippen LogP contribution in [0.3, 0.4) is 0 Å². The van der Waals surface area contributed by atoms with E-state index in [2.05, 4.69) is 24.1 Å². The molecular weight excluding hydrogens is 244 g/mol. The molecule has 1 aliphatic heterocycles. The largest absolute Gasteiger partial charge is 0.311 e. The number of hydrogen-bond donors (Lipinski definition) is 1. The highest BCUT2D eigenvalue weighted by Gasteiger charge is 2.45. The predicted molar refractivity (Wildman–Crippen MR) is 86.0 cm³/mol. The molecule has 2 heteroatoms. The lowest BCUT2D eigenvalue weighted by atomic mass is 9.76. The van der Waals surface area contributed by atoms with Crippen molar-refractivity contribution >= 4 is 0 Å². The normalized spacial score (nSPS) is 33.6. The molecule has 0 aromatic rings. The Morgan fingerprint density at radius 3 is 2.45 bits per heavy atom. The fourth-order valence-corrected chi connectivity index (χ4v) is 4.98. The van der Waals surface area contributed by atoms with Crippen molar-refractivity contribution in [2.24, 2.45) is 5.92 Å². The summed E-state index contributed by atoms with van der Waals surface area (Å²) >= 11 is 0. The Balaban J connectivity index is 1.76. The highest BCUT2D eigenvalue weighted by atomic mass is 15.3. The van der Waals surface area contributed by atoms with Gasteiger partial charge in [0.15, 0.2) is 0 Å². The van der Waals surface area contributed by atoms with E-state index in [0.29, 0.717) is 5.54 Å². The molecule has 3 aliphatic rings. The van der Waals surface area contributed by atoms with Gasteiger partial charge in [0.05, 0.1) is 0 Å².